The Kier molecular flexibility index (Phi) is 2.93. The van der Waals surface area contributed by atoms with E-state index < -0.39 is 0 Å². The molecule has 0 spiro atoms. The van der Waals surface area contributed by atoms with Crippen molar-refractivity contribution in [1.82, 2.24) is 14.8 Å². The van der Waals surface area contributed by atoms with Gasteiger partial charge in [-0.3, -0.25) is 4.98 Å². The third-order valence-corrected chi connectivity index (χ3v) is 3.13. The van der Waals surface area contributed by atoms with Crippen LogP contribution in [0.4, 0.5) is 5.69 Å². The van der Waals surface area contributed by atoms with Crippen molar-refractivity contribution in [2.24, 2.45) is 0 Å². The van der Waals surface area contributed by atoms with Gasteiger partial charge in [-0.05, 0) is 18.2 Å². The standard InChI is InChI=1S/C14H11ClN4/c15-12-4-2-1-3-11(12)14-13(16)9-19(18-14)10-5-7-17-8-6-10/h1-9H,16H2. The molecule has 0 saturated heterocycles. The third-order valence-electron chi connectivity index (χ3n) is 2.80. The number of anilines is 1. The molecule has 0 saturated carbocycles. The third kappa shape index (κ3) is 2.18. The van der Waals surface area contributed by atoms with E-state index in [1.54, 1.807) is 23.3 Å². The van der Waals surface area contributed by atoms with Crippen molar-refractivity contribution in [3.63, 3.8) is 0 Å². The van der Waals surface area contributed by atoms with E-state index >= 15 is 0 Å². The summed E-state index contributed by atoms with van der Waals surface area (Å²) in [5.41, 5.74) is 9.02. The molecule has 0 aliphatic carbocycles. The molecule has 2 aromatic heterocycles. The Balaban J connectivity index is 2.11. The Morgan fingerprint density at radius 2 is 1.79 bits per heavy atom. The predicted molar refractivity (Wildman–Crippen MR) is 76.2 cm³/mol. The molecule has 3 aromatic rings. The summed E-state index contributed by atoms with van der Waals surface area (Å²) in [7, 11) is 0. The van der Waals surface area contributed by atoms with Gasteiger partial charge >= 0.3 is 0 Å². The number of hydrogen-bond acceptors (Lipinski definition) is 3. The molecule has 4 nitrogen and oxygen atoms in total. The maximum Gasteiger partial charge on any atom is 0.117 e. The van der Waals surface area contributed by atoms with Crippen LogP contribution in [0, 0.1) is 0 Å². The van der Waals surface area contributed by atoms with E-state index in [2.05, 4.69) is 10.1 Å². The van der Waals surface area contributed by atoms with Crippen molar-refractivity contribution in [3.8, 4) is 16.9 Å². The first-order valence-corrected chi connectivity index (χ1v) is 6.14. The maximum atomic E-state index is 6.17. The molecule has 3 rings (SSSR count). The van der Waals surface area contributed by atoms with E-state index in [0.29, 0.717) is 16.4 Å². The number of nitrogen functional groups attached to an aromatic ring is 1. The van der Waals surface area contributed by atoms with Crippen molar-refractivity contribution < 1.29 is 0 Å². The number of nitrogens with zero attached hydrogens (tertiary/aromatic N) is 3. The lowest BCUT2D eigenvalue weighted by Gasteiger charge is -2.01. The van der Waals surface area contributed by atoms with Crippen molar-refractivity contribution >= 4 is 17.3 Å². The summed E-state index contributed by atoms with van der Waals surface area (Å²) >= 11 is 6.17. The molecule has 0 fully saturated rings. The first-order chi connectivity index (χ1) is 9.25. The normalized spacial score (nSPS) is 10.6. The van der Waals surface area contributed by atoms with Crippen LogP contribution in [0.2, 0.25) is 5.02 Å². The molecule has 94 valence electrons. The molecule has 1 aromatic carbocycles. The highest BCUT2D eigenvalue weighted by atomic mass is 35.5. The molecule has 0 aliphatic rings. The van der Waals surface area contributed by atoms with Crippen molar-refractivity contribution in [3.05, 3.63) is 60.0 Å². The Hall–Kier alpha value is -2.33. The van der Waals surface area contributed by atoms with Gasteiger partial charge in [0.25, 0.3) is 0 Å². The van der Waals surface area contributed by atoms with E-state index in [1.807, 2.05) is 36.4 Å². The summed E-state index contributed by atoms with van der Waals surface area (Å²) in [4.78, 5) is 3.98. The number of benzene rings is 1. The van der Waals surface area contributed by atoms with E-state index in [9.17, 15) is 0 Å². The van der Waals surface area contributed by atoms with Crippen LogP contribution < -0.4 is 5.73 Å². The number of rotatable bonds is 2. The fraction of sp³-hybridized carbons (Fsp3) is 0. The van der Waals surface area contributed by atoms with Crippen LogP contribution in [0.1, 0.15) is 0 Å². The molecule has 5 heteroatoms. The zero-order valence-electron chi connectivity index (χ0n) is 9.99. The lowest BCUT2D eigenvalue weighted by atomic mass is 10.1. The number of aromatic nitrogens is 3. The van der Waals surface area contributed by atoms with E-state index in [4.69, 9.17) is 17.3 Å². The molecule has 0 bridgehead atoms. The van der Waals surface area contributed by atoms with Crippen molar-refractivity contribution in [1.29, 1.82) is 0 Å². The van der Waals surface area contributed by atoms with Gasteiger partial charge in [-0.2, -0.15) is 5.10 Å². The zero-order chi connectivity index (χ0) is 13.2. The Morgan fingerprint density at radius 1 is 1.05 bits per heavy atom. The minimum atomic E-state index is 0.588. The van der Waals surface area contributed by atoms with Gasteiger partial charge in [-0.25, -0.2) is 4.68 Å². The van der Waals surface area contributed by atoms with E-state index in [0.717, 1.165) is 11.3 Å². The van der Waals surface area contributed by atoms with E-state index in [-0.39, 0.29) is 0 Å². The monoisotopic (exact) mass is 270 g/mol. The van der Waals surface area contributed by atoms with Gasteiger partial charge in [0.05, 0.1) is 22.6 Å². The Bertz CT molecular complexity index is 706. The Labute approximate surface area is 115 Å². The topological polar surface area (TPSA) is 56.7 Å². The predicted octanol–water partition coefficient (Wildman–Crippen LogP) is 3.17. The van der Waals surface area contributed by atoms with Gasteiger partial charge in [0.15, 0.2) is 0 Å². The van der Waals surface area contributed by atoms with Crippen molar-refractivity contribution in [2.75, 3.05) is 5.73 Å². The summed E-state index contributed by atoms with van der Waals surface area (Å²) in [5.74, 6) is 0. The summed E-state index contributed by atoms with van der Waals surface area (Å²) in [5, 5.41) is 5.12. The molecule has 0 atom stereocenters. The lowest BCUT2D eigenvalue weighted by Crippen LogP contribution is -1.94. The number of halogens is 1. The first kappa shape index (κ1) is 11.7. The maximum absolute atomic E-state index is 6.17. The molecule has 0 radical (unpaired) electrons. The van der Waals surface area contributed by atoms with Crippen LogP contribution in [0.25, 0.3) is 16.9 Å². The largest absolute Gasteiger partial charge is 0.396 e. The average Bonchev–Trinajstić information content (AvgIpc) is 2.82. The minimum Gasteiger partial charge on any atom is -0.396 e. The second kappa shape index (κ2) is 4.74. The number of hydrogen-bond donors (Lipinski definition) is 1. The highest BCUT2D eigenvalue weighted by molar-refractivity contribution is 6.33. The fourth-order valence-corrected chi connectivity index (χ4v) is 2.10. The fourth-order valence-electron chi connectivity index (χ4n) is 1.88. The Morgan fingerprint density at radius 3 is 2.53 bits per heavy atom. The summed E-state index contributed by atoms with van der Waals surface area (Å²) in [6.45, 7) is 0. The minimum absolute atomic E-state index is 0.588. The highest BCUT2D eigenvalue weighted by Gasteiger charge is 2.12. The summed E-state index contributed by atoms with van der Waals surface area (Å²) in [6, 6.07) is 11.2. The van der Waals surface area contributed by atoms with Crippen LogP contribution in [0.3, 0.4) is 0 Å². The second-order valence-electron chi connectivity index (χ2n) is 4.06. The lowest BCUT2D eigenvalue weighted by molar-refractivity contribution is 0.881. The molecule has 0 aliphatic heterocycles. The summed E-state index contributed by atoms with van der Waals surface area (Å²) in [6.07, 6.45) is 5.19. The number of pyridine rings is 1. The van der Waals surface area contributed by atoms with Crippen LogP contribution in [-0.2, 0) is 0 Å². The molecule has 0 unspecified atom stereocenters. The summed E-state index contributed by atoms with van der Waals surface area (Å²) < 4.78 is 1.72. The molecule has 0 amide bonds. The van der Waals surface area contributed by atoms with Crippen molar-refractivity contribution in [2.45, 2.75) is 0 Å². The van der Waals surface area contributed by atoms with Gasteiger partial charge in [0.1, 0.15) is 5.69 Å². The van der Waals surface area contributed by atoms with Crippen LogP contribution >= 0.6 is 11.6 Å². The quantitative estimate of drug-likeness (QED) is 0.778. The first-order valence-electron chi connectivity index (χ1n) is 5.76. The van der Waals surface area contributed by atoms with Gasteiger partial charge in [0, 0.05) is 18.0 Å². The molecule has 2 N–H and O–H groups in total. The second-order valence-corrected chi connectivity index (χ2v) is 4.47. The van der Waals surface area contributed by atoms with Gasteiger partial charge in [0.2, 0.25) is 0 Å². The van der Waals surface area contributed by atoms with E-state index in [1.165, 1.54) is 0 Å². The van der Waals surface area contributed by atoms with Crippen LogP contribution in [-0.4, -0.2) is 14.8 Å². The van der Waals surface area contributed by atoms with Gasteiger partial charge in [-0.1, -0.05) is 29.8 Å². The zero-order valence-corrected chi connectivity index (χ0v) is 10.7. The van der Waals surface area contributed by atoms with Gasteiger partial charge < -0.3 is 5.73 Å². The molecule has 2 heterocycles. The number of nitrogens with two attached hydrogens (primary N) is 1. The highest BCUT2D eigenvalue weighted by Crippen LogP contribution is 2.30. The molecular weight excluding hydrogens is 260 g/mol. The van der Waals surface area contributed by atoms with Crippen LogP contribution in [0.5, 0.6) is 0 Å². The smallest absolute Gasteiger partial charge is 0.117 e. The average molecular weight is 271 g/mol. The van der Waals surface area contributed by atoms with Gasteiger partial charge in [-0.15, -0.1) is 0 Å². The van der Waals surface area contributed by atoms with Crippen LogP contribution in [0.15, 0.2) is 55.0 Å². The molecule has 19 heavy (non-hydrogen) atoms. The SMILES string of the molecule is Nc1cn(-c2ccncc2)nc1-c1ccccc1Cl. The molecular formula is C14H11ClN4.